The van der Waals surface area contributed by atoms with E-state index in [4.69, 9.17) is 14.8 Å². The van der Waals surface area contributed by atoms with Crippen LogP contribution >= 0.6 is 0 Å². The van der Waals surface area contributed by atoms with Crippen LogP contribution in [0.3, 0.4) is 0 Å². The second-order valence-electron chi connectivity index (χ2n) is 10.5. The van der Waals surface area contributed by atoms with Crippen LogP contribution in [0.15, 0.2) is 66.9 Å². The molecule has 0 atom stereocenters. The van der Waals surface area contributed by atoms with Gasteiger partial charge in [0, 0.05) is 49.9 Å². The number of Topliss-reactive ketones (excluding diaryl/α,β-unsaturated/α-hetero) is 1. The maximum Gasteiger partial charge on any atom is 0.272 e. The van der Waals surface area contributed by atoms with Crippen molar-refractivity contribution < 1.29 is 24.0 Å². The number of pyridine rings is 1. The number of amides is 2. The van der Waals surface area contributed by atoms with Crippen molar-refractivity contribution in [2.24, 2.45) is 5.92 Å². The number of hydroxylamine groups is 2. The molecular weight excluding hydrogens is 534 g/mol. The fraction of sp³-hybridized carbons (Fsp3) is 0.344. The van der Waals surface area contributed by atoms with Crippen LogP contribution in [0.5, 0.6) is 11.5 Å². The maximum absolute atomic E-state index is 13.0. The molecule has 3 heterocycles. The number of hydrogen-bond donors (Lipinski definition) is 1. The van der Waals surface area contributed by atoms with Crippen molar-refractivity contribution in [1.29, 1.82) is 5.26 Å². The zero-order chi connectivity index (χ0) is 29.5. The minimum atomic E-state index is -0.231. The van der Waals surface area contributed by atoms with Gasteiger partial charge in [-0.25, -0.2) is 0 Å². The largest absolute Gasteiger partial charge is 0.497 e. The van der Waals surface area contributed by atoms with Crippen LogP contribution in [-0.4, -0.2) is 71.9 Å². The van der Waals surface area contributed by atoms with Crippen molar-refractivity contribution in [2.45, 2.75) is 31.7 Å². The fourth-order valence-corrected chi connectivity index (χ4v) is 5.25. The highest BCUT2D eigenvalue weighted by atomic mass is 16.7. The SMILES string of the molecule is COc1ccc(C(=O)C2CCN(C(=O)c3ccc(C(=O)NC4CCN(Oc5ccc(C#N)cc5)CC4)cn3)CC2)cc1. The lowest BCUT2D eigenvalue weighted by molar-refractivity contribution is -0.0766. The van der Waals surface area contributed by atoms with Gasteiger partial charge in [-0.2, -0.15) is 5.26 Å². The molecule has 0 saturated carbocycles. The van der Waals surface area contributed by atoms with Crippen molar-refractivity contribution in [2.75, 3.05) is 33.3 Å². The smallest absolute Gasteiger partial charge is 0.272 e. The van der Waals surface area contributed by atoms with E-state index in [0.717, 1.165) is 12.8 Å². The molecule has 0 aliphatic carbocycles. The topological polar surface area (TPSA) is 125 Å². The summed E-state index contributed by atoms with van der Waals surface area (Å²) in [6.07, 6.45) is 4.07. The number of rotatable bonds is 8. The number of carbonyl (C=O) groups is 3. The van der Waals surface area contributed by atoms with E-state index in [1.807, 2.05) is 5.06 Å². The van der Waals surface area contributed by atoms with Crippen molar-refractivity contribution in [3.8, 4) is 17.6 Å². The summed E-state index contributed by atoms with van der Waals surface area (Å²) in [5.74, 6) is 0.899. The lowest BCUT2D eigenvalue weighted by atomic mass is 9.88. The Morgan fingerprint density at radius 3 is 2.10 bits per heavy atom. The number of aromatic nitrogens is 1. The Labute approximate surface area is 244 Å². The quantitative estimate of drug-likeness (QED) is 0.407. The molecular formula is C32H33N5O5. The number of ether oxygens (including phenoxy) is 1. The zero-order valence-corrected chi connectivity index (χ0v) is 23.5. The zero-order valence-electron chi connectivity index (χ0n) is 23.5. The van der Waals surface area contributed by atoms with Gasteiger partial charge in [-0.1, -0.05) is 0 Å². The Morgan fingerprint density at radius 2 is 1.50 bits per heavy atom. The summed E-state index contributed by atoms with van der Waals surface area (Å²) in [6.45, 7) is 2.25. The summed E-state index contributed by atoms with van der Waals surface area (Å²) in [4.78, 5) is 50.6. The van der Waals surface area contributed by atoms with Gasteiger partial charge in [-0.05, 0) is 86.3 Å². The van der Waals surface area contributed by atoms with Crippen LogP contribution in [0.4, 0.5) is 0 Å². The Hall–Kier alpha value is -4.75. The highest BCUT2D eigenvalue weighted by Crippen LogP contribution is 2.24. The van der Waals surface area contributed by atoms with Gasteiger partial charge in [-0.3, -0.25) is 19.4 Å². The molecule has 216 valence electrons. The van der Waals surface area contributed by atoms with Gasteiger partial charge in [-0.15, -0.1) is 5.06 Å². The Balaban J connectivity index is 1.06. The Kier molecular flexibility index (Phi) is 9.09. The van der Waals surface area contributed by atoms with E-state index < -0.39 is 0 Å². The molecule has 2 aliphatic rings. The van der Waals surface area contributed by atoms with Gasteiger partial charge < -0.3 is 19.8 Å². The minimum absolute atomic E-state index is 0.00143. The van der Waals surface area contributed by atoms with Gasteiger partial charge in [0.25, 0.3) is 11.8 Å². The molecule has 5 rings (SSSR count). The molecule has 0 bridgehead atoms. The molecule has 2 aromatic carbocycles. The summed E-state index contributed by atoms with van der Waals surface area (Å²) in [5.41, 5.74) is 1.90. The van der Waals surface area contributed by atoms with Crippen molar-refractivity contribution >= 4 is 17.6 Å². The highest BCUT2D eigenvalue weighted by Gasteiger charge is 2.29. The third kappa shape index (κ3) is 6.93. The Bertz CT molecular complexity index is 1430. The number of likely N-dealkylation sites (tertiary alicyclic amines) is 1. The van der Waals surface area contributed by atoms with E-state index in [1.165, 1.54) is 6.20 Å². The van der Waals surface area contributed by atoms with Gasteiger partial charge in [0.15, 0.2) is 5.78 Å². The molecule has 0 radical (unpaired) electrons. The van der Waals surface area contributed by atoms with Gasteiger partial charge >= 0.3 is 0 Å². The number of nitriles is 1. The van der Waals surface area contributed by atoms with E-state index >= 15 is 0 Å². The van der Waals surface area contributed by atoms with Crippen molar-refractivity contribution in [3.63, 3.8) is 0 Å². The number of benzene rings is 2. The molecule has 2 saturated heterocycles. The lowest BCUT2D eigenvalue weighted by Crippen LogP contribution is -2.45. The number of hydrogen-bond acceptors (Lipinski definition) is 8. The number of piperidine rings is 2. The van der Waals surface area contributed by atoms with E-state index in [1.54, 1.807) is 72.7 Å². The average Bonchev–Trinajstić information content (AvgIpc) is 3.05. The molecule has 0 spiro atoms. The van der Waals surface area contributed by atoms with Crippen LogP contribution in [0.2, 0.25) is 0 Å². The van der Waals surface area contributed by atoms with Crippen LogP contribution < -0.4 is 14.9 Å². The van der Waals surface area contributed by atoms with E-state index in [2.05, 4.69) is 16.4 Å². The number of methoxy groups -OCH3 is 1. The number of ketones is 1. The summed E-state index contributed by atoms with van der Waals surface area (Å²) in [7, 11) is 1.59. The Morgan fingerprint density at radius 1 is 0.857 bits per heavy atom. The first-order valence-corrected chi connectivity index (χ1v) is 14.1. The number of nitrogens with zero attached hydrogens (tertiary/aromatic N) is 4. The molecule has 2 amide bonds. The maximum atomic E-state index is 13.0. The average molecular weight is 568 g/mol. The van der Waals surface area contributed by atoms with Crippen molar-refractivity contribution in [3.05, 3.63) is 89.2 Å². The molecule has 1 aromatic heterocycles. The first-order valence-electron chi connectivity index (χ1n) is 14.1. The molecule has 10 nitrogen and oxygen atoms in total. The lowest BCUT2D eigenvalue weighted by Gasteiger charge is -2.31. The molecule has 2 fully saturated rings. The second-order valence-corrected chi connectivity index (χ2v) is 10.5. The third-order valence-corrected chi connectivity index (χ3v) is 7.78. The number of nitrogens with one attached hydrogen (secondary N) is 1. The van der Waals surface area contributed by atoms with Crippen LogP contribution in [-0.2, 0) is 0 Å². The minimum Gasteiger partial charge on any atom is -0.497 e. The molecule has 3 aromatic rings. The first kappa shape index (κ1) is 28.8. The first-order chi connectivity index (χ1) is 20.4. The highest BCUT2D eigenvalue weighted by molar-refractivity contribution is 5.99. The van der Waals surface area contributed by atoms with Crippen LogP contribution in [0.1, 0.15) is 62.5 Å². The molecule has 2 aliphatic heterocycles. The van der Waals surface area contributed by atoms with Crippen LogP contribution in [0.25, 0.3) is 0 Å². The van der Waals surface area contributed by atoms with Gasteiger partial charge in [0.05, 0.1) is 24.3 Å². The summed E-state index contributed by atoms with van der Waals surface area (Å²) in [5, 5.41) is 13.8. The van der Waals surface area contributed by atoms with E-state index in [-0.39, 0.29) is 35.3 Å². The standard InChI is InChI=1S/C32H33N5O5/c1-41-27-9-4-23(5-10-27)30(38)24-12-16-36(17-13-24)32(40)29-11-6-25(21-34-29)31(39)35-26-14-18-37(19-15-26)42-28-7-2-22(20-33)3-8-28/h2-11,21,24,26H,12-19H2,1H3,(H,35,39). The third-order valence-electron chi connectivity index (χ3n) is 7.78. The van der Waals surface area contributed by atoms with Crippen molar-refractivity contribution in [1.82, 2.24) is 20.3 Å². The van der Waals surface area contributed by atoms with E-state index in [0.29, 0.717) is 67.2 Å². The predicted molar refractivity (Wildman–Crippen MR) is 154 cm³/mol. The van der Waals surface area contributed by atoms with E-state index in [9.17, 15) is 14.4 Å². The number of carbonyl (C=O) groups excluding carboxylic acids is 3. The second kappa shape index (κ2) is 13.3. The molecule has 10 heteroatoms. The van der Waals surface area contributed by atoms with Gasteiger partial charge in [0.2, 0.25) is 0 Å². The summed E-state index contributed by atoms with van der Waals surface area (Å²) >= 11 is 0. The molecule has 0 unspecified atom stereocenters. The predicted octanol–water partition coefficient (Wildman–Crippen LogP) is 3.89. The fourth-order valence-electron chi connectivity index (χ4n) is 5.25. The van der Waals surface area contributed by atoms with Crippen LogP contribution in [0, 0.1) is 17.2 Å². The van der Waals surface area contributed by atoms with Gasteiger partial charge in [0.1, 0.15) is 17.2 Å². The molecule has 1 N–H and O–H groups in total. The summed E-state index contributed by atoms with van der Waals surface area (Å²) < 4.78 is 5.16. The molecule has 42 heavy (non-hydrogen) atoms. The summed E-state index contributed by atoms with van der Waals surface area (Å²) in [6, 6.07) is 19.4. The monoisotopic (exact) mass is 567 g/mol. The normalized spacial score (nSPS) is 16.3.